The van der Waals surface area contributed by atoms with Crippen molar-refractivity contribution in [3.05, 3.63) is 29.3 Å². The van der Waals surface area contributed by atoms with Crippen molar-refractivity contribution in [2.75, 3.05) is 12.3 Å². The molecule has 98 valence electrons. The first-order valence-corrected chi connectivity index (χ1v) is 6.41. The second-order valence-electron chi connectivity index (χ2n) is 5.00. The Bertz CT molecular complexity index is 445. The molecule has 0 bridgehead atoms. The molecule has 1 saturated carbocycles. The number of aliphatic hydroxyl groups is 1. The summed E-state index contributed by atoms with van der Waals surface area (Å²) >= 11 is 0. The monoisotopic (exact) mass is 248 g/mol. The molecule has 0 spiro atoms. The minimum Gasteiger partial charge on any atom is -0.398 e. The van der Waals surface area contributed by atoms with E-state index < -0.39 is 0 Å². The van der Waals surface area contributed by atoms with Crippen LogP contribution in [0.3, 0.4) is 0 Å². The van der Waals surface area contributed by atoms with Crippen LogP contribution >= 0.6 is 0 Å². The van der Waals surface area contributed by atoms with Gasteiger partial charge in [0.25, 0.3) is 5.91 Å². The zero-order valence-corrected chi connectivity index (χ0v) is 10.6. The SMILES string of the molecule is Cc1cccc(C(=O)NCC2CCCC2O)c1N. The Balaban J connectivity index is 1.97. The molecule has 0 saturated heterocycles. The molecule has 1 aromatic rings. The fourth-order valence-corrected chi connectivity index (χ4v) is 2.45. The molecular formula is C14H20N2O2. The molecule has 1 aliphatic carbocycles. The summed E-state index contributed by atoms with van der Waals surface area (Å²) < 4.78 is 0. The number of nitrogen functional groups attached to an aromatic ring is 1. The van der Waals surface area contributed by atoms with Crippen molar-refractivity contribution in [3.8, 4) is 0 Å². The number of hydrogen-bond donors (Lipinski definition) is 3. The fraction of sp³-hybridized carbons (Fsp3) is 0.500. The van der Waals surface area contributed by atoms with Crippen LogP contribution < -0.4 is 11.1 Å². The molecular weight excluding hydrogens is 228 g/mol. The highest BCUT2D eigenvalue weighted by Crippen LogP contribution is 2.25. The normalized spacial score (nSPS) is 23.0. The molecule has 0 aromatic heterocycles. The van der Waals surface area contributed by atoms with Crippen LogP contribution in [0.2, 0.25) is 0 Å². The number of aliphatic hydroxyl groups excluding tert-OH is 1. The summed E-state index contributed by atoms with van der Waals surface area (Å²) in [5.41, 5.74) is 7.84. The van der Waals surface area contributed by atoms with Crippen molar-refractivity contribution in [3.63, 3.8) is 0 Å². The largest absolute Gasteiger partial charge is 0.398 e. The van der Waals surface area contributed by atoms with Crippen LogP contribution in [0.1, 0.15) is 35.2 Å². The van der Waals surface area contributed by atoms with Crippen molar-refractivity contribution >= 4 is 11.6 Å². The van der Waals surface area contributed by atoms with E-state index in [-0.39, 0.29) is 17.9 Å². The number of rotatable bonds is 3. The number of hydrogen-bond acceptors (Lipinski definition) is 3. The number of benzene rings is 1. The number of carbonyl (C=O) groups excluding carboxylic acids is 1. The van der Waals surface area contributed by atoms with Gasteiger partial charge in [-0.3, -0.25) is 4.79 Å². The number of para-hydroxylation sites is 1. The van der Waals surface area contributed by atoms with Crippen LogP contribution in [0.15, 0.2) is 18.2 Å². The molecule has 1 fully saturated rings. The number of anilines is 1. The predicted molar refractivity (Wildman–Crippen MR) is 71.3 cm³/mol. The van der Waals surface area contributed by atoms with Crippen molar-refractivity contribution < 1.29 is 9.90 Å². The van der Waals surface area contributed by atoms with Crippen LogP contribution in [0, 0.1) is 12.8 Å². The first-order valence-electron chi connectivity index (χ1n) is 6.41. The smallest absolute Gasteiger partial charge is 0.253 e. The van der Waals surface area contributed by atoms with E-state index >= 15 is 0 Å². The van der Waals surface area contributed by atoms with Gasteiger partial charge < -0.3 is 16.2 Å². The Kier molecular flexibility index (Phi) is 3.87. The third-order valence-corrected chi connectivity index (χ3v) is 3.71. The van der Waals surface area contributed by atoms with E-state index in [0.29, 0.717) is 17.8 Å². The Morgan fingerprint density at radius 2 is 2.28 bits per heavy atom. The van der Waals surface area contributed by atoms with Gasteiger partial charge >= 0.3 is 0 Å². The van der Waals surface area contributed by atoms with Crippen LogP contribution in [0.5, 0.6) is 0 Å². The molecule has 0 radical (unpaired) electrons. The molecule has 4 nitrogen and oxygen atoms in total. The van der Waals surface area contributed by atoms with Crippen LogP contribution in [-0.2, 0) is 0 Å². The van der Waals surface area contributed by atoms with Gasteiger partial charge in [-0.25, -0.2) is 0 Å². The highest BCUT2D eigenvalue weighted by molar-refractivity contribution is 5.99. The van der Waals surface area contributed by atoms with Crippen LogP contribution in [-0.4, -0.2) is 23.7 Å². The molecule has 4 N–H and O–H groups in total. The topological polar surface area (TPSA) is 75.3 Å². The van der Waals surface area contributed by atoms with E-state index in [1.165, 1.54) is 0 Å². The number of amides is 1. The minimum atomic E-state index is -0.278. The second kappa shape index (κ2) is 5.40. The number of nitrogens with one attached hydrogen (secondary N) is 1. The van der Waals surface area contributed by atoms with E-state index in [9.17, 15) is 9.90 Å². The zero-order chi connectivity index (χ0) is 13.1. The summed E-state index contributed by atoms with van der Waals surface area (Å²) in [4.78, 5) is 12.0. The average molecular weight is 248 g/mol. The summed E-state index contributed by atoms with van der Waals surface area (Å²) in [6, 6.07) is 5.43. The van der Waals surface area contributed by atoms with Gasteiger partial charge in [-0.2, -0.15) is 0 Å². The number of carbonyl (C=O) groups is 1. The lowest BCUT2D eigenvalue weighted by Gasteiger charge is -2.16. The lowest BCUT2D eigenvalue weighted by molar-refractivity contribution is 0.0917. The van der Waals surface area contributed by atoms with E-state index in [0.717, 1.165) is 24.8 Å². The summed E-state index contributed by atoms with van der Waals surface area (Å²) in [5.74, 6) is 0.0234. The maximum Gasteiger partial charge on any atom is 0.253 e. The Labute approximate surface area is 107 Å². The van der Waals surface area contributed by atoms with Crippen molar-refractivity contribution in [1.82, 2.24) is 5.32 Å². The maximum atomic E-state index is 12.0. The van der Waals surface area contributed by atoms with E-state index in [2.05, 4.69) is 5.32 Å². The summed E-state index contributed by atoms with van der Waals surface area (Å²) in [6.07, 6.45) is 2.58. The molecule has 0 heterocycles. The quantitative estimate of drug-likeness (QED) is 0.709. The van der Waals surface area contributed by atoms with Gasteiger partial charge in [0.2, 0.25) is 0 Å². The summed E-state index contributed by atoms with van der Waals surface area (Å²) in [6.45, 7) is 2.40. The van der Waals surface area contributed by atoms with Crippen LogP contribution in [0.4, 0.5) is 5.69 Å². The predicted octanol–water partition coefficient (Wildman–Crippen LogP) is 1.47. The first kappa shape index (κ1) is 12.9. The van der Waals surface area contributed by atoms with Gasteiger partial charge in [0.05, 0.1) is 11.7 Å². The third-order valence-electron chi connectivity index (χ3n) is 3.71. The number of nitrogens with two attached hydrogens (primary N) is 1. The Morgan fingerprint density at radius 3 is 2.94 bits per heavy atom. The van der Waals surface area contributed by atoms with E-state index in [1.54, 1.807) is 6.07 Å². The van der Waals surface area contributed by atoms with Gasteiger partial charge in [-0.15, -0.1) is 0 Å². The standard InChI is InChI=1S/C14H20N2O2/c1-9-4-2-6-11(13(9)15)14(18)16-8-10-5-3-7-12(10)17/h2,4,6,10,12,17H,3,5,7-8,15H2,1H3,(H,16,18). The van der Waals surface area contributed by atoms with Crippen molar-refractivity contribution in [1.29, 1.82) is 0 Å². The van der Waals surface area contributed by atoms with Crippen molar-refractivity contribution in [2.45, 2.75) is 32.3 Å². The van der Waals surface area contributed by atoms with E-state index in [4.69, 9.17) is 5.73 Å². The molecule has 1 amide bonds. The fourth-order valence-electron chi connectivity index (χ4n) is 2.45. The van der Waals surface area contributed by atoms with Gasteiger partial charge in [0, 0.05) is 18.2 Å². The lowest BCUT2D eigenvalue weighted by Crippen LogP contribution is -2.32. The summed E-state index contributed by atoms with van der Waals surface area (Å²) in [7, 11) is 0. The van der Waals surface area contributed by atoms with Gasteiger partial charge in [0.15, 0.2) is 0 Å². The van der Waals surface area contributed by atoms with E-state index in [1.807, 2.05) is 19.1 Å². The molecule has 18 heavy (non-hydrogen) atoms. The highest BCUT2D eigenvalue weighted by Gasteiger charge is 2.25. The molecule has 1 aliphatic rings. The minimum absolute atomic E-state index is 0.157. The van der Waals surface area contributed by atoms with Crippen molar-refractivity contribution in [2.24, 2.45) is 5.92 Å². The van der Waals surface area contributed by atoms with Crippen LogP contribution in [0.25, 0.3) is 0 Å². The first-order chi connectivity index (χ1) is 8.59. The Morgan fingerprint density at radius 1 is 1.50 bits per heavy atom. The number of aryl methyl sites for hydroxylation is 1. The second-order valence-corrected chi connectivity index (χ2v) is 5.00. The zero-order valence-electron chi connectivity index (χ0n) is 10.6. The maximum absolute atomic E-state index is 12.0. The molecule has 4 heteroatoms. The Hall–Kier alpha value is -1.55. The molecule has 0 aliphatic heterocycles. The lowest BCUT2D eigenvalue weighted by atomic mass is 10.0. The highest BCUT2D eigenvalue weighted by atomic mass is 16.3. The third kappa shape index (κ3) is 2.64. The molecule has 1 aromatic carbocycles. The van der Waals surface area contributed by atoms with Gasteiger partial charge in [-0.1, -0.05) is 18.6 Å². The summed E-state index contributed by atoms with van der Waals surface area (Å²) in [5, 5.41) is 12.6. The van der Waals surface area contributed by atoms with Gasteiger partial charge in [-0.05, 0) is 31.4 Å². The molecule has 2 unspecified atom stereocenters. The van der Waals surface area contributed by atoms with Gasteiger partial charge in [0.1, 0.15) is 0 Å². The molecule has 2 rings (SSSR count). The molecule has 2 atom stereocenters. The average Bonchev–Trinajstić information content (AvgIpc) is 2.75.